The van der Waals surface area contributed by atoms with Gasteiger partial charge in [0.1, 0.15) is 5.22 Å². The van der Waals surface area contributed by atoms with Crippen molar-refractivity contribution < 1.29 is 18.0 Å². The number of hydrogen-bond acceptors (Lipinski definition) is 4. The fourth-order valence-corrected chi connectivity index (χ4v) is 4.64. The van der Waals surface area contributed by atoms with Gasteiger partial charge in [0.05, 0.1) is 0 Å². The van der Waals surface area contributed by atoms with Crippen LogP contribution in [0.4, 0.5) is 0 Å². The summed E-state index contributed by atoms with van der Waals surface area (Å²) in [5.74, 6) is 0. The highest BCUT2D eigenvalue weighted by molar-refractivity contribution is 6.64. The van der Waals surface area contributed by atoms with Crippen LogP contribution in [0.15, 0.2) is 0 Å². The lowest BCUT2D eigenvalue weighted by molar-refractivity contribution is -0.0380. The van der Waals surface area contributed by atoms with E-state index in [0.717, 1.165) is 12.8 Å². The van der Waals surface area contributed by atoms with Crippen LogP contribution in [0, 0.1) is 0 Å². The molecule has 86 valence electrons. The fraction of sp³-hybridized carbons (Fsp3) is 1.00. The minimum atomic E-state index is -2.72. The lowest BCUT2D eigenvalue weighted by Crippen LogP contribution is -2.64. The molecule has 0 rings (SSSR count). The Hall–Kier alpha value is 0.0569. The number of hydrogen-bond donors (Lipinski definition) is 0. The van der Waals surface area contributed by atoms with Crippen LogP contribution in [0.3, 0.4) is 0 Å². The lowest BCUT2D eigenvalue weighted by Gasteiger charge is -2.41. The summed E-state index contributed by atoms with van der Waals surface area (Å²) in [4.78, 5) is 0. The summed E-state index contributed by atoms with van der Waals surface area (Å²) in [6.45, 7) is 4.09. The van der Waals surface area contributed by atoms with E-state index in [4.69, 9.17) is 18.0 Å². The van der Waals surface area contributed by atoms with Crippen molar-refractivity contribution in [2.45, 2.75) is 31.9 Å². The van der Waals surface area contributed by atoms with Gasteiger partial charge < -0.3 is 18.0 Å². The third-order valence-electron chi connectivity index (χ3n) is 2.90. The molecule has 0 heterocycles. The van der Waals surface area contributed by atoms with Crippen LogP contribution < -0.4 is 0 Å². The molecule has 0 unspecified atom stereocenters. The zero-order valence-corrected chi connectivity index (χ0v) is 11.0. The molecule has 0 aromatic heterocycles. The molecule has 0 amide bonds. The zero-order valence-electron chi connectivity index (χ0n) is 10.0. The Morgan fingerprint density at radius 2 is 1.21 bits per heavy atom. The van der Waals surface area contributed by atoms with Gasteiger partial charge in [0.2, 0.25) is 0 Å². The Morgan fingerprint density at radius 3 is 1.29 bits per heavy atom. The van der Waals surface area contributed by atoms with Crippen molar-refractivity contribution in [1.82, 2.24) is 0 Å². The Labute approximate surface area is 87.9 Å². The van der Waals surface area contributed by atoms with Crippen LogP contribution >= 0.6 is 0 Å². The second-order valence-corrected chi connectivity index (χ2v) is 6.32. The second kappa shape index (κ2) is 5.82. The maximum Gasteiger partial charge on any atom is 0.533 e. The van der Waals surface area contributed by atoms with Gasteiger partial charge in [-0.05, 0) is 12.8 Å². The maximum absolute atomic E-state index is 5.56. The van der Waals surface area contributed by atoms with E-state index in [1.807, 2.05) is 13.8 Å². The third kappa shape index (κ3) is 2.01. The summed E-state index contributed by atoms with van der Waals surface area (Å²) in [5.41, 5.74) is 0. The van der Waals surface area contributed by atoms with Crippen LogP contribution in [-0.2, 0) is 18.0 Å². The first-order valence-corrected chi connectivity index (χ1v) is 6.55. The number of ether oxygens (including phenoxy) is 1. The van der Waals surface area contributed by atoms with Crippen molar-refractivity contribution in [1.29, 1.82) is 0 Å². The fourth-order valence-electron chi connectivity index (χ4n) is 1.90. The summed E-state index contributed by atoms with van der Waals surface area (Å²) in [6, 6.07) is 0. The minimum absolute atomic E-state index is 0.439. The van der Waals surface area contributed by atoms with Gasteiger partial charge in [-0.1, -0.05) is 13.8 Å². The summed E-state index contributed by atoms with van der Waals surface area (Å²) >= 11 is 0. The Balaban J connectivity index is 5.08. The van der Waals surface area contributed by atoms with Crippen LogP contribution in [-0.4, -0.2) is 42.5 Å². The van der Waals surface area contributed by atoms with E-state index in [1.54, 1.807) is 28.4 Å². The highest BCUT2D eigenvalue weighted by Crippen LogP contribution is 2.32. The van der Waals surface area contributed by atoms with Crippen LogP contribution in [0.25, 0.3) is 0 Å². The average Bonchev–Trinajstić information content (AvgIpc) is 2.27. The molecule has 5 heteroatoms. The van der Waals surface area contributed by atoms with E-state index >= 15 is 0 Å². The highest BCUT2D eigenvalue weighted by atomic mass is 28.4. The minimum Gasteiger partial charge on any atom is -0.375 e. The van der Waals surface area contributed by atoms with Crippen molar-refractivity contribution in [2.75, 3.05) is 28.4 Å². The quantitative estimate of drug-likeness (QED) is 0.613. The van der Waals surface area contributed by atoms with Crippen LogP contribution in [0.1, 0.15) is 26.7 Å². The smallest absolute Gasteiger partial charge is 0.375 e. The molecule has 0 aromatic rings. The molecule has 0 bridgehead atoms. The van der Waals surface area contributed by atoms with Gasteiger partial charge in [-0.15, -0.1) is 0 Å². The molecule has 0 aliphatic carbocycles. The Morgan fingerprint density at radius 1 is 0.857 bits per heavy atom. The van der Waals surface area contributed by atoms with Gasteiger partial charge in [-0.25, -0.2) is 0 Å². The molecular weight excluding hydrogens is 200 g/mol. The molecule has 14 heavy (non-hydrogen) atoms. The van der Waals surface area contributed by atoms with Crippen LogP contribution in [0.5, 0.6) is 0 Å². The van der Waals surface area contributed by atoms with Gasteiger partial charge in [0, 0.05) is 28.4 Å². The van der Waals surface area contributed by atoms with Gasteiger partial charge in [-0.2, -0.15) is 0 Å². The first-order chi connectivity index (χ1) is 6.61. The van der Waals surface area contributed by atoms with E-state index < -0.39 is 14.0 Å². The predicted molar refractivity (Wildman–Crippen MR) is 57.1 cm³/mol. The average molecular weight is 222 g/mol. The third-order valence-corrected chi connectivity index (χ3v) is 6.54. The van der Waals surface area contributed by atoms with E-state index in [0.29, 0.717) is 0 Å². The van der Waals surface area contributed by atoms with Gasteiger partial charge in [-0.3, -0.25) is 0 Å². The largest absolute Gasteiger partial charge is 0.533 e. The van der Waals surface area contributed by atoms with Gasteiger partial charge in [0.25, 0.3) is 0 Å². The monoisotopic (exact) mass is 222 g/mol. The molecule has 0 atom stereocenters. The molecular formula is C9H22O4Si. The number of methoxy groups -OCH3 is 1. The van der Waals surface area contributed by atoms with E-state index in [2.05, 4.69) is 0 Å². The summed E-state index contributed by atoms with van der Waals surface area (Å²) < 4.78 is 21.9. The van der Waals surface area contributed by atoms with Gasteiger partial charge in [0.15, 0.2) is 0 Å². The zero-order chi connectivity index (χ0) is 11.2. The summed E-state index contributed by atoms with van der Waals surface area (Å²) in [5, 5.41) is -0.439. The Bertz CT molecular complexity index is 120. The molecule has 0 spiro atoms. The first-order valence-electron chi connectivity index (χ1n) is 4.82. The SMILES string of the molecule is CCC(CC)(OC)[Si](OC)(OC)OC. The Kier molecular flexibility index (Phi) is 5.85. The van der Waals surface area contributed by atoms with Crippen molar-refractivity contribution in [3.63, 3.8) is 0 Å². The van der Waals surface area contributed by atoms with Crippen molar-refractivity contribution in [2.24, 2.45) is 0 Å². The maximum atomic E-state index is 5.56. The predicted octanol–water partition coefficient (Wildman–Crippen LogP) is 1.61. The van der Waals surface area contributed by atoms with E-state index in [9.17, 15) is 0 Å². The molecule has 0 N–H and O–H groups in total. The van der Waals surface area contributed by atoms with Crippen molar-refractivity contribution >= 4 is 8.80 Å². The molecule has 0 aliphatic heterocycles. The highest BCUT2D eigenvalue weighted by Gasteiger charge is 2.58. The summed E-state index contributed by atoms with van der Waals surface area (Å²) in [7, 11) is 3.78. The van der Waals surface area contributed by atoms with Gasteiger partial charge >= 0.3 is 8.80 Å². The topological polar surface area (TPSA) is 36.9 Å². The van der Waals surface area contributed by atoms with Crippen molar-refractivity contribution in [3.8, 4) is 0 Å². The van der Waals surface area contributed by atoms with Crippen LogP contribution in [0.2, 0.25) is 0 Å². The first kappa shape index (κ1) is 14.1. The normalized spacial score (nSPS) is 13.3. The molecule has 0 saturated heterocycles. The molecule has 0 saturated carbocycles. The summed E-state index contributed by atoms with van der Waals surface area (Å²) in [6.07, 6.45) is 1.61. The molecule has 0 aliphatic rings. The van der Waals surface area contributed by atoms with Crippen molar-refractivity contribution in [3.05, 3.63) is 0 Å². The molecule has 0 radical (unpaired) electrons. The van der Waals surface area contributed by atoms with E-state index in [1.165, 1.54) is 0 Å². The molecule has 0 aromatic carbocycles. The van der Waals surface area contributed by atoms with E-state index in [-0.39, 0.29) is 0 Å². The standard InChI is InChI=1S/C9H22O4Si/c1-7-9(8-2,10-3)14(11-4,12-5)13-6/h7-8H2,1-6H3. The molecule has 0 fully saturated rings. The number of rotatable bonds is 7. The molecule has 4 nitrogen and oxygen atoms in total. The second-order valence-electron chi connectivity index (χ2n) is 3.07. The lowest BCUT2D eigenvalue weighted by atomic mass is 10.2.